The first kappa shape index (κ1) is 17.1. The standard InChI is InChI=1S/C18H21N3O4/c1-11(2)17-19-15(25-20-17)10-24-18(23)13-8-16(22)21(9-13)14-6-4-12(3)5-7-14/h4-7,11,13H,8-10H2,1-3H3/t13-/m1/s1. The molecule has 3 rings (SSSR count). The fraction of sp³-hybridized carbons (Fsp3) is 0.444. The third-order valence-electron chi connectivity index (χ3n) is 4.14. The fourth-order valence-corrected chi connectivity index (χ4v) is 2.65. The summed E-state index contributed by atoms with van der Waals surface area (Å²) in [6.07, 6.45) is 0.147. The number of carbonyl (C=O) groups excluding carboxylic acids is 2. The third kappa shape index (κ3) is 3.87. The van der Waals surface area contributed by atoms with Crippen LogP contribution in [0.1, 0.15) is 43.5 Å². The van der Waals surface area contributed by atoms with E-state index in [-0.39, 0.29) is 30.7 Å². The van der Waals surface area contributed by atoms with Gasteiger partial charge in [0.25, 0.3) is 5.89 Å². The van der Waals surface area contributed by atoms with Gasteiger partial charge < -0.3 is 14.2 Å². The summed E-state index contributed by atoms with van der Waals surface area (Å²) in [4.78, 5) is 30.2. The molecular formula is C18H21N3O4. The second kappa shape index (κ2) is 7.04. The van der Waals surface area contributed by atoms with Gasteiger partial charge in [0, 0.05) is 24.6 Å². The van der Waals surface area contributed by atoms with Gasteiger partial charge in [-0.3, -0.25) is 9.59 Å². The van der Waals surface area contributed by atoms with Crippen molar-refractivity contribution >= 4 is 17.6 Å². The number of anilines is 1. The van der Waals surface area contributed by atoms with Crippen LogP contribution in [-0.4, -0.2) is 28.6 Å². The van der Waals surface area contributed by atoms with E-state index in [1.165, 1.54) is 0 Å². The molecule has 2 aromatic rings. The van der Waals surface area contributed by atoms with Crippen LogP contribution in [0.3, 0.4) is 0 Å². The molecule has 0 N–H and O–H groups in total. The number of hydrogen-bond acceptors (Lipinski definition) is 6. The quantitative estimate of drug-likeness (QED) is 0.776. The van der Waals surface area contributed by atoms with Gasteiger partial charge in [0.1, 0.15) is 0 Å². The van der Waals surface area contributed by atoms with Crippen LogP contribution in [0.2, 0.25) is 0 Å². The number of ether oxygens (including phenoxy) is 1. The monoisotopic (exact) mass is 343 g/mol. The summed E-state index contributed by atoms with van der Waals surface area (Å²) in [5.74, 6) is -0.00707. The maximum absolute atomic E-state index is 12.2. The van der Waals surface area contributed by atoms with Crippen LogP contribution in [0, 0.1) is 12.8 Å². The first-order valence-electron chi connectivity index (χ1n) is 8.30. The van der Waals surface area contributed by atoms with Gasteiger partial charge in [0.15, 0.2) is 12.4 Å². The summed E-state index contributed by atoms with van der Waals surface area (Å²) < 4.78 is 10.3. The van der Waals surface area contributed by atoms with Crippen LogP contribution >= 0.6 is 0 Å². The molecule has 1 aromatic carbocycles. The van der Waals surface area contributed by atoms with Crippen LogP contribution in [0.5, 0.6) is 0 Å². The van der Waals surface area contributed by atoms with Crippen molar-refractivity contribution in [1.29, 1.82) is 0 Å². The predicted molar refractivity (Wildman–Crippen MR) is 89.8 cm³/mol. The molecule has 0 radical (unpaired) electrons. The van der Waals surface area contributed by atoms with Gasteiger partial charge in [-0.2, -0.15) is 4.98 Å². The number of esters is 1. The minimum Gasteiger partial charge on any atom is -0.455 e. The van der Waals surface area contributed by atoms with E-state index >= 15 is 0 Å². The van der Waals surface area contributed by atoms with Crippen molar-refractivity contribution in [2.75, 3.05) is 11.4 Å². The summed E-state index contributed by atoms with van der Waals surface area (Å²) >= 11 is 0. The van der Waals surface area contributed by atoms with Crippen molar-refractivity contribution in [3.63, 3.8) is 0 Å². The highest BCUT2D eigenvalue weighted by Crippen LogP contribution is 2.26. The number of aryl methyl sites for hydroxylation is 1. The summed E-state index contributed by atoms with van der Waals surface area (Å²) in [5.41, 5.74) is 1.91. The Morgan fingerprint density at radius 2 is 2.08 bits per heavy atom. The smallest absolute Gasteiger partial charge is 0.311 e. The summed E-state index contributed by atoms with van der Waals surface area (Å²) in [7, 11) is 0. The first-order valence-corrected chi connectivity index (χ1v) is 8.30. The Balaban J connectivity index is 1.57. The van der Waals surface area contributed by atoms with Crippen molar-refractivity contribution in [1.82, 2.24) is 10.1 Å². The van der Waals surface area contributed by atoms with E-state index in [0.717, 1.165) is 11.3 Å². The molecule has 0 aliphatic carbocycles. The third-order valence-corrected chi connectivity index (χ3v) is 4.14. The fourth-order valence-electron chi connectivity index (χ4n) is 2.65. The second-order valence-corrected chi connectivity index (χ2v) is 6.55. The molecule has 7 heteroatoms. The molecule has 0 saturated carbocycles. The van der Waals surface area contributed by atoms with Gasteiger partial charge in [0.2, 0.25) is 5.91 Å². The number of hydrogen-bond donors (Lipinski definition) is 0. The zero-order valence-corrected chi connectivity index (χ0v) is 14.6. The number of benzene rings is 1. The maximum atomic E-state index is 12.2. The van der Waals surface area contributed by atoms with E-state index in [1.54, 1.807) is 4.90 Å². The lowest BCUT2D eigenvalue weighted by Crippen LogP contribution is -2.26. The highest BCUT2D eigenvalue weighted by atomic mass is 16.6. The van der Waals surface area contributed by atoms with Crippen LogP contribution < -0.4 is 4.90 Å². The average Bonchev–Trinajstić information content (AvgIpc) is 3.20. The van der Waals surface area contributed by atoms with Gasteiger partial charge in [-0.05, 0) is 19.1 Å². The molecule has 132 valence electrons. The van der Waals surface area contributed by atoms with E-state index in [0.29, 0.717) is 12.4 Å². The molecule has 0 unspecified atom stereocenters. The molecule has 0 bridgehead atoms. The Morgan fingerprint density at radius 1 is 1.36 bits per heavy atom. The van der Waals surface area contributed by atoms with Crippen molar-refractivity contribution in [2.45, 2.75) is 39.7 Å². The van der Waals surface area contributed by atoms with Gasteiger partial charge >= 0.3 is 5.97 Å². The highest BCUT2D eigenvalue weighted by molar-refractivity contribution is 5.99. The van der Waals surface area contributed by atoms with Crippen molar-refractivity contribution in [2.24, 2.45) is 5.92 Å². The molecule has 1 amide bonds. The SMILES string of the molecule is Cc1ccc(N2C[C@H](C(=O)OCc3nc(C(C)C)no3)CC2=O)cc1. The molecule has 1 aliphatic heterocycles. The lowest BCUT2D eigenvalue weighted by Gasteiger charge is -2.16. The second-order valence-electron chi connectivity index (χ2n) is 6.55. The lowest BCUT2D eigenvalue weighted by molar-refractivity contribution is -0.150. The molecule has 25 heavy (non-hydrogen) atoms. The Bertz CT molecular complexity index is 767. The highest BCUT2D eigenvalue weighted by Gasteiger charge is 2.36. The van der Waals surface area contributed by atoms with Crippen LogP contribution in [0.4, 0.5) is 5.69 Å². The van der Waals surface area contributed by atoms with Crippen LogP contribution in [0.25, 0.3) is 0 Å². The van der Waals surface area contributed by atoms with E-state index in [4.69, 9.17) is 9.26 Å². The molecule has 2 heterocycles. The first-order chi connectivity index (χ1) is 11.9. The molecule has 1 aliphatic rings. The van der Waals surface area contributed by atoms with Crippen molar-refractivity contribution in [3.8, 4) is 0 Å². The molecular weight excluding hydrogens is 322 g/mol. The minimum absolute atomic E-state index is 0.0756. The van der Waals surface area contributed by atoms with Gasteiger partial charge in [-0.1, -0.05) is 36.7 Å². The molecule has 0 spiro atoms. The number of carbonyl (C=O) groups is 2. The zero-order chi connectivity index (χ0) is 18.0. The van der Waals surface area contributed by atoms with E-state index in [9.17, 15) is 9.59 Å². The summed E-state index contributed by atoms with van der Waals surface area (Å²) in [6.45, 7) is 6.13. The van der Waals surface area contributed by atoms with Crippen LogP contribution in [-0.2, 0) is 20.9 Å². The summed E-state index contributed by atoms with van der Waals surface area (Å²) in [6, 6.07) is 7.64. The van der Waals surface area contributed by atoms with Gasteiger partial charge in [-0.15, -0.1) is 0 Å². The molecule has 1 saturated heterocycles. The van der Waals surface area contributed by atoms with E-state index in [1.807, 2.05) is 45.0 Å². The molecule has 1 fully saturated rings. The van der Waals surface area contributed by atoms with E-state index in [2.05, 4.69) is 10.1 Å². The molecule has 7 nitrogen and oxygen atoms in total. The summed E-state index contributed by atoms with van der Waals surface area (Å²) in [5, 5.41) is 3.82. The Morgan fingerprint density at radius 3 is 2.72 bits per heavy atom. The van der Waals surface area contributed by atoms with E-state index < -0.39 is 11.9 Å². The Kier molecular flexibility index (Phi) is 4.83. The number of rotatable bonds is 5. The number of aromatic nitrogens is 2. The minimum atomic E-state index is -0.485. The zero-order valence-electron chi connectivity index (χ0n) is 14.6. The van der Waals surface area contributed by atoms with Crippen molar-refractivity contribution in [3.05, 3.63) is 41.5 Å². The topological polar surface area (TPSA) is 85.5 Å². The predicted octanol–water partition coefficient (Wildman–Crippen LogP) is 2.60. The van der Waals surface area contributed by atoms with Gasteiger partial charge in [0.05, 0.1) is 5.92 Å². The van der Waals surface area contributed by atoms with Crippen LogP contribution in [0.15, 0.2) is 28.8 Å². The number of nitrogens with zero attached hydrogens (tertiary/aromatic N) is 3. The normalized spacial score (nSPS) is 17.4. The van der Waals surface area contributed by atoms with Gasteiger partial charge in [-0.25, -0.2) is 0 Å². The maximum Gasteiger partial charge on any atom is 0.311 e. The number of amides is 1. The Labute approximate surface area is 146 Å². The largest absolute Gasteiger partial charge is 0.455 e. The van der Waals surface area contributed by atoms with Crippen molar-refractivity contribution < 1.29 is 18.8 Å². The average molecular weight is 343 g/mol. The lowest BCUT2D eigenvalue weighted by atomic mass is 10.1. The molecule has 1 aromatic heterocycles. The molecule has 1 atom stereocenters. The Hall–Kier alpha value is -2.70.